The molecular weight excluding hydrogens is 287 g/mol. The quantitative estimate of drug-likeness (QED) is 0.608. The molecule has 2 aliphatic heterocycles. The van der Waals surface area contributed by atoms with Crippen molar-refractivity contribution in [3.8, 4) is 0 Å². The monoisotopic (exact) mass is 308 g/mol. The zero-order valence-electron chi connectivity index (χ0n) is 12.7. The number of rotatable bonds is 5. The SMILES string of the molecule is CCOC(=O)CN1CCN(C2OC2c2ccc(F)cc2)CC1. The highest BCUT2D eigenvalue weighted by Crippen LogP contribution is 2.41. The van der Waals surface area contributed by atoms with Crippen molar-refractivity contribution in [1.82, 2.24) is 9.80 Å². The van der Waals surface area contributed by atoms with Crippen LogP contribution in [0.5, 0.6) is 0 Å². The standard InChI is InChI=1S/C16H21FN2O3/c1-2-21-14(20)11-18-7-9-19(10-8-18)16-15(22-16)12-3-5-13(17)6-4-12/h3-6,15-16H,2,7-11H2,1H3. The van der Waals surface area contributed by atoms with Crippen LogP contribution < -0.4 is 0 Å². The average molecular weight is 308 g/mol. The molecule has 0 bridgehead atoms. The summed E-state index contributed by atoms with van der Waals surface area (Å²) in [4.78, 5) is 15.8. The maximum absolute atomic E-state index is 12.9. The third-order valence-electron chi connectivity index (χ3n) is 4.09. The van der Waals surface area contributed by atoms with Gasteiger partial charge in [-0.05, 0) is 24.6 Å². The van der Waals surface area contributed by atoms with Gasteiger partial charge in [0.25, 0.3) is 0 Å². The molecular formula is C16H21FN2O3. The van der Waals surface area contributed by atoms with E-state index in [1.807, 2.05) is 6.92 Å². The zero-order chi connectivity index (χ0) is 15.5. The second-order valence-corrected chi connectivity index (χ2v) is 5.62. The fourth-order valence-corrected chi connectivity index (χ4v) is 2.84. The number of halogens is 1. The minimum atomic E-state index is -0.228. The largest absolute Gasteiger partial charge is 0.465 e. The van der Waals surface area contributed by atoms with Crippen LogP contribution >= 0.6 is 0 Å². The number of hydrogen-bond donors (Lipinski definition) is 0. The fourth-order valence-electron chi connectivity index (χ4n) is 2.84. The summed E-state index contributed by atoms with van der Waals surface area (Å²) < 4.78 is 23.6. The predicted octanol–water partition coefficient (Wildman–Crippen LogP) is 1.40. The lowest BCUT2D eigenvalue weighted by atomic mass is 10.1. The molecule has 1 aromatic carbocycles. The molecule has 0 spiro atoms. The highest BCUT2D eigenvalue weighted by molar-refractivity contribution is 5.71. The van der Waals surface area contributed by atoms with Gasteiger partial charge in [-0.25, -0.2) is 4.39 Å². The lowest BCUT2D eigenvalue weighted by molar-refractivity contribution is -0.144. The summed E-state index contributed by atoms with van der Waals surface area (Å²) in [5.41, 5.74) is 1.01. The van der Waals surface area contributed by atoms with Crippen molar-refractivity contribution in [2.75, 3.05) is 39.3 Å². The molecule has 0 aliphatic carbocycles. The van der Waals surface area contributed by atoms with Crippen LogP contribution in [0, 0.1) is 5.82 Å². The molecule has 3 rings (SSSR count). The first-order valence-corrected chi connectivity index (χ1v) is 7.70. The van der Waals surface area contributed by atoms with Crippen LogP contribution in [0.15, 0.2) is 24.3 Å². The number of piperazine rings is 1. The number of epoxide rings is 1. The molecule has 2 aliphatic rings. The van der Waals surface area contributed by atoms with Crippen molar-refractivity contribution in [3.63, 3.8) is 0 Å². The van der Waals surface area contributed by atoms with Crippen molar-refractivity contribution < 1.29 is 18.7 Å². The van der Waals surface area contributed by atoms with E-state index in [1.165, 1.54) is 12.1 Å². The van der Waals surface area contributed by atoms with E-state index in [9.17, 15) is 9.18 Å². The van der Waals surface area contributed by atoms with Crippen molar-refractivity contribution in [2.24, 2.45) is 0 Å². The van der Waals surface area contributed by atoms with Crippen molar-refractivity contribution >= 4 is 5.97 Å². The zero-order valence-corrected chi connectivity index (χ0v) is 12.7. The van der Waals surface area contributed by atoms with Crippen molar-refractivity contribution in [3.05, 3.63) is 35.6 Å². The van der Waals surface area contributed by atoms with Gasteiger partial charge in [0.05, 0.1) is 13.2 Å². The van der Waals surface area contributed by atoms with Gasteiger partial charge in [-0.15, -0.1) is 0 Å². The Labute approximate surface area is 129 Å². The molecule has 2 heterocycles. The molecule has 0 saturated carbocycles. The van der Waals surface area contributed by atoms with Crippen molar-refractivity contribution in [1.29, 1.82) is 0 Å². The third kappa shape index (κ3) is 3.63. The smallest absolute Gasteiger partial charge is 0.320 e. The van der Waals surface area contributed by atoms with E-state index >= 15 is 0 Å². The van der Waals surface area contributed by atoms with Crippen LogP contribution in [0.3, 0.4) is 0 Å². The van der Waals surface area contributed by atoms with Crippen LogP contribution in [0.4, 0.5) is 4.39 Å². The van der Waals surface area contributed by atoms with E-state index in [2.05, 4.69) is 9.80 Å². The molecule has 2 fully saturated rings. The molecule has 0 aromatic heterocycles. The molecule has 0 amide bonds. The topological polar surface area (TPSA) is 45.3 Å². The second kappa shape index (κ2) is 6.73. The van der Waals surface area contributed by atoms with Gasteiger partial charge in [-0.3, -0.25) is 14.6 Å². The Kier molecular flexibility index (Phi) is 4.71. The number of hydrogen-bond acceptors (Lipinski definition) is 5. The summed E-state index contributed by atoms with van der Waals surface area (Å²) in [6.07, 6.45) is 0.118. The van der Waals surface area contributed by atoms with Gasteiger partial charge in [0, 0.05) is 26.2 Å². The molecule has 2 unspecified atom stereocenters. The lowest BCUT2D eigenvalue weighted by Crippen LogP contribution is -2.49. The first-order chi connectivity index (χ1) is 10.7. The van der Waals surface area contributed by atoms with Gasteiger partial charge >= 0.3 is 5.97 Å². The minimum Gasteiger partial charge on any atom is -0.465 e. The van der Waals surface area contributed by atoms with E-state index < -0.39 is 0 Å². The fraction of sp³-hybridized carbons (Fsp3) is 0.562. The number of carbonyl (C=O) groups excluding carboxylic acids is 1. The molecule has 2 atom stereocenters. The molecule has 22 heavy (non-hydrogen) atoms. The second-order valence-electron chi connectivity index (χ2n) is 5.62. The molecule has 2 saturated heterocycles. The highest BCUT2D eigenvalue weighted by atomic mass is 19.1. The summed E-state index contributed by atoms with van der Waals surface area (Å²) in [7, 11) is 0. The van der Waals surface area contributed by atoms with Crippen LogP contribution in [0.1, 0.15) is 18.6 Å². The Balaban J connectivity index is 1.45. The summed E-state index contributed by atoms with van der Waals surface area (Å²) >= 11 is 0. The van der Waals surface area contributed by atoms with Gasteiger partial charge in [-0.1, -0.05) is 12.1 Å². The maximum atomic E-state index is 12.9. The first-order valence-electron chi connectivity index (χ1n) is 7.70. The Morgan fingerprint density at radius 2 is 1.95 bits per heavy atom. The molecule has 1 aromatic rings. The molecule has 120 valence electrons. The van der Waals surface area contributed by atoms with Crippen LogP contribution in [0.25, 0.3) is 0 Å². The van der Waals surface area contributed by atoms with Gasteiger partial charge in [-0.2, -0.15) is 0 Å². The molecule has 6 heteroatoms. The summed E-state index contributed by atoms with van der Waals surface area (Å²) in [6, 6.07) is 6.48. The maximum Gasteiger partial charge on any atom is 0.320 e. The van der Waals surface area contributed by atoms with E-state index in [0.29, 0.717) is 13.2 Å². The van der Waals surface area contributed by atoms with Crippen LogP contribution in [0.2, 0.25) is 0 Å². The lowest BCUT2D eigenvalue weighted by Gasteiger charge is -2.33. The van der Waals surface area contributed by atoms with E-state index in [0.717, 1.165) is 31.7 Å². The van der Waals surface area contributed by atoms with Crippen LogP contribution in [-0.4, -0.2) is 61.3 Å². The summed E-state index contributed by atoms with van der Waals surface area (Å²) in [5, 5.41) is 0. The summed E-state index contributed by atoms with van der Waals surface area (Å²) in [5.74, 6) is -0.392. The Bertz CT molecular complexity index is 515. The van der Waals surface area contributed by atoms with E-state index in [1.54, 1.807) is 12.1 Å². The Hall–Kier alpha value is -1.50. The number of benzene rings is 1. The first kappa shape index (κ1) is 15.4. The number of ether oxygens (including phenoxy) is 2. The molecule has 5 nitrogen and oxygen atoms in total. The number of esters is 1. The van der Waals surface area contributed by atoms with Gasteiger partial charge < -0.3 is 9.47 Å². The van der Waals surface area contributed by atoms with Gasteiger partial charge in [0.1, 0.15) is 18.1 Å². The number of carbonyl (C=O) groups is 1. The molecule has 0 N–H and O–H groups in total. The van der Waals surface area contributed by atoms with Crippen molar-refractivity contribution in [2.45, 2.75) is 19.3 Å². The predicted molar refractivity (Wildman–Crippen MR) is 78.7 cm³/mol. The van der Waals surface area contributed by atoms with E-state index in [4.69, 9.17) is 9.47 Å². The molecule has 0 radical (unpaired) electrons. The van der Waals surface area contributed by atoms with Gasteiger partial charge in [0.15, 0.2) is 0 Å². The Morgan fingerprint density at radius 3 is 2.59 bits per heavy atom. The van der Waals surface area contributed by atoms with Crippen LogP contribution in [-0.2, 0) is 14.3 Å². The average Bonchev–Trinajstić information content (AvgIpc) is 3.29. The summed E-state index contributed by atoms with van der Waals surface area (Å²) in [6.45, 7) is 5.98. The van der Waals surface area contributed by atoms with E-state index in [-0.39, 0.29) is 24.1 Å². The Morgan fingerprint density at radius 1 is 1.27 bits per heavy atom. The third-order valence-corrected chi connectivity index (χ3v) is 4.09. The highest BCUT2D eigenvalue weighted by Gasteiger charge is 2.45. The van der Waals surface area contributed by atoms with Gasteiger partial charge in [0.2, 0.25) is 0 Å². The number of nitrogens with zero attached hydrogens (tertiary/aromatic N) is 2. The normalized spacial score (nSPS) is 25.9. The minimum absolute atomic E-state index is 0.0391.